The molecule has 1 aromatic heterocycles. The molecule has 0 radical (unpaired) electrons. The van der Waals surface area contributed by atoms with Gasteiger partial charge in [-0.15, -0.1) is 0 Å². The van der Waals surface area contributed by atoms with E-state index in [-0.39, 0.29) is 30.4 Å². The molecule has 6 nitrogen and oxygen atoms in total. The zero-order chi connectivity index (χ0) is 20.0. The molecule has 0 aliphatic carbocycles. The number of hydrogen-bond acceptors (Lipinski definition) is 4. The molecule has 2 aliphatic heterocycles. The number of rotatable bonds is 3. The number of amides is 1. The number of aliphatic hydroxyl groups is 1. The van der Waals surface area contributed by atoms with Crippen molar-refractivity contribution in [3.05, 3.63) is 71.7 Å². The predicted molar refractivity (Wildman–Crippen MR) is 106 cm³/mol. The first-order valence-electron chi connectivity index (χ1n) is 9.77. The van der Waals surface area contributed by atoms with Crippen molar-refractivity contribution < 1.29 is 19.0 Å². The lowest BCUT2D eigenvalue weighted by Gasteiger charge is -2.25. The van der Waals surface area contributed by atoms with Gasteiger partial charge in [-0.05, 0) is 29.3 Å². The van der Waals surface area contributed by atoms with E-state index in [2.05, 4.69) is 10.3 Å². The number of aromatic amines is 1. The summed E-state index contributed by atoms with van der Waals surface area (Å²) in [5.74, 6) is -0.323. The van der Waals surface area contributed by atoms with Crippen LogP contribution in [0.2, 0.25) is 0 Å². The lowest BCUT2D eigenvalue weighted by atomic mass is 9.91. The van der Waals surface area contributed by atoms with Gasteiger partial charge in [0.2, 0.25) is 0 Å². The van der Waals surface area contributed by atoms with Crippen LogP contribution < -0.4 is 5.32 Å². The summed E-state index contributed by atoms with van der Waals surface area (Å²) >= 11 is 0. The van der Waals surface area contributed by atoms with Crippen LogP contribution in [0.15, 0.2) is 54.7 Å². The van der Waals surface area contributed by atoms with Crippen molar-refractivity contribution >= 4 is 17.0 Å². The molecular weight excluding hydrogens is 373 g/mol. The zero-order valence-electron chi connectivity index (χ0n) is 15.7. The SMILES string of the molecule is O=C(OCc1ccccc1)N1CC(c2c[nH]c3cc(F)ccc23)[C@H]2NC[C@@H](O)[C@H]21. The van der Waals surface area contributed by atoms with Crippen LogP contribution in [-0.2, 0) is 11.3 Å². The number of aromatic nitrogens is 1. The Bertz CT molecular complexity index is 1040. The van der Waals surface area contributed by atoms with Crippen LogP contribution in [0.4, 0.5) is 9.18 Å². The molecule has 150 valence electrons. The molecule has 0 saturated carbocycles. The number of aliphatic hydroxyl groups excluding tert-OH is 1. The van der Waals surface area contributed by atoms with Crippen LogP contribution >= 0.6 is 0 Å². The number of carbonyl (C=O) groups is 1. The minimum absolute atomic E-state index is 0.0272. The fourth-order valence-electron chi connectivity index (χ4n) is 4.68. The highest BCUT2D eigenvalue weighted by Gasteiger charge is 2.52. The van der Waals surface area contributed by atoms with Crippen molar-refractivity contribution in [2.24, 2.45) is 0 Å². The van der Waals surface area contributed by atoms with E-state index in [1.807, 2.05) is 36.5 Å². The van der Waals surface area contributed by atoms with E-state index in [9.17, 15) is 14.3 Å². The Balaban J connectivity index is 1.40. The Kier molecular flexibility index (Phi) is 4.49. The van der Waals surface area contributed by atoms with Crippen molar-refractivity contribution in [3.8, 4) is 0 Å². The van der Waals surface area contributed by atoms with Gasteiger partial charge >= 0.3 is 6.09 Å². The molecule has 3 aromatic rings. The van der Waals surface area contributed by atoms with Gasteiger partial charge in [-0.2, -0.15) is 0 Å². The standard InChI is InChI=1S/C22H22FN3O3/c23-14-6-7-15-16(9-24-18(15)8-14)17-11-26(21-19(27)10-25-20(17)21)22(28)29-12-13-4-2-1-3-5-13/h1-9,17,19-21,24-25,27H,10-12H2/t17?,19-,20-,21-/m1/s1. The van der Waals surface area contributed by atoms with Gasteiger partial charge in [0.15, 0.2) is 0 Å². The second kappa shape index (κ2) is 7.17. The lowest BCUT2D eigenvalue weighted by molar-refractivity contribution is 0.0609. The fourth-order valence-corrected chi connectivity index (χ4v) is 4.68. The number of halogens is 1. The molecule has 2 aromatic carbocycles. The van der Waals surface area contributed by atoms with E-state index in [1.165, 1.54) is 12.1 Å². The van der Waals surface area contributed by atoms with E-state index in [1.54, 1.807) is 11.0 Å². The van der Waals surface area contributed by atoms with Crippen molar-refractivity contribution in [2.45, 2.75) is 30.7 Å². The number of carbonyl (C=O) groups excluding carboxylic acids is 1. The number of fused-ring (bicyclic) bond motifs is 2. The van der Waals surface area contributed by atoms with Gasteiger partial charge in [-0.1, -0.05) is 30.3 Å². The van der Waals surface area contributed by atoms with E-state index in [0.29, 0.717) is 13.1 Å². The number of nitrogens with zero attached hydrogens (tertiary/aromatic N) is 1. The zero-order valence-corrected chi connectivity index (χ0v) is 15.7. The smallest absolute Gasteiger partial charge is 0.410 e. The largest absolute Gasteiger partial charge is 0.445 e. The molecule has 5 rings (SSSR count). The second-order valence-corrected chi connectivity index (χ2v) is 7.72. The average molecular weight is 395 g/mol. The minimum atomic E-state index is -0.656. The lowest BCUT2D eigenvalue weighted by Crippen LogP contribution is -2.44. The van der Waals surface area contributed by atoms with Crippen molar-refractivity contribution in [3.63, 3.8) is 0 Å². The monoisotopic (exact) mass is 395 g/mol. The molecular formula is C22H22FN3O3. The Labute approximate surface area is 167 Å². The van der Waals surface area contributed by atoms with Gasteiger partial charge in [-0.25, -0.2) is 9.18 Å². The molecule has 0 bridgehead atoms. The normalized spacial score (nSPS) is 26.1. The van der Waals surface area contributed by atoms with Crippen molar-refractivity contribution in [1.82, 2.24) is 15.2 Å². The molecule has 3 N–H and O–H groups in total. The van der Waals surface area contributed by atoms with Gasteiger partial charge < -0.3 is 25.0 Å². The predicted octanol–water partition coefficient (Wildman–Crippen LogP) is 2.74. The summed E-state index contributed by atoms with van der Waals surface area (Å²) in [4.78, 5) is 17.6. The van der Waals surface area contributed by atoms with E-state index in [0.717, 1.165) is 22.0 Å². The Morgan fingerprint density at radius 2 is 2.07 bits per heavy atom. The summed E-state index contributed by atoms with van der Waals surface area (Å²) in [6.45, 7) is 1.04. The maximum absolute atomic E-state index is 13.5. The summed E-state index contributed by atoms with van der Waals surface area (Å²) < 4.78 is 19.1. The molecule has 1 unspecified atom stereocenters. The van der Waals surface area contributed by atoms with Gasteiger partial charge in [0, 0.05) is 42.1 Å². The topological polar surface area (TPSA) is 77.6 Å². The third-order valence-corrected chi connectivity index (χ3v) is 6.03. The highest BCUT2D eigenvalue weighted by Crippen LogP contribution is 2.39. The molecule has 7 heteroatoms. The summed E-state index contributed by atoms with van der Waals surface area (Å²) in [5, 5.41) is 14.8. The highest BCUT2D eigenvalue weighted by molar-refractivity contribution is 5.84. The molecule has 1 amide bonds. The maximum atomic E-state index is 13.5. The van der Waals surface area contributed by atoms with Crippen LogP contribution in [0.5, 0.6) is 0 Å². The van der Waals surface area contributed by atoms with E-state index >= 15 is 0 Å². The van der Waals surface area contributed by atoms with Crippen molar-refractivity contribution in [1.29, 1.82) is 0 Å². The maximum Gasteiger partial charge on any atom is 0.410 e. The molecule has 2 saturated heterocycles. The van der Waals surface area contributed by atoms with E-state index < -0.39 is 12.2 Å². The molecule has 29 heavy (non-hydrogen) atoms. The molecule has 3 heterocycles. The Hall–Kier alpha value is -2.90. The number of benzene rings is 2. The number of β-amino-alcohol motifs (C(OH)–C–C–N with tert-alkyl or cyclic N) is 1. The van der Waals surface area contributed by atoms with Crippen LogP contribution in [-0.4, -0.2) is 52.4 Å². The van der Waals surface area contributed by atoms with Gasteiger partial charge in [0.1, 0.15) is 12.4 Å². The summed E-state index contributed by atoms with van der Waals surface area (Å²) in [5.41, 5.74) is 2.65. The molecule has 2 fully saturated rings. The Morgan fingerprint density at radius 3 is 2.90 bits per heavy atom. The number of H-pyrrole nitrogens is 1. The van der Waals surface area contributed by atoms with Gasteiger partial charge in [-0.3, -0.25) is 0 Å². The van der Waals surface area contributed by atoms with Crippen molar-refractivity contribution in [2.75, 3.05) is 13.1 Å². The molecule has 0 spiro atoms. The van der Waals surface area contributed by atoms with Crippen LogP contribution in [0.1, 0.15) is 17.0 Å². The molecule has 2 aliphatic rings. The number of nitrogens with one attached hydrogen (secondary N) is 2. The number of hydrogen-bond donors (Lipinski definition) is 3. The fraction of sp³-hybridized carbons (Fsp3) is 0.318. The molecule has 4 atom stereocenters. The van der Waals surface area contributed by atoms with Crippen LogP contribution in [0, 0.1) is 5.82 Å². The summed E-state index contributed by atoms with van der Waals surface area (Å²) in [6.07, 6.45) is 0.786. The van der Waals surface area contributed by atoms with Gasteiger partial charge in [0.05, 0.1) is 12.1 Å². The summed E-state index contributed by atoms with van der Waals surface area (Å²) in [7, 11) is 0. The van der Waals surface area contributed by atoms with Crippen LogP contribution in [0.25, 0.3) is 10.9 Å². The second-order valence-electron chi connectivity index (χ2n) is 7.72. The quantitative estimate of drug-likeness (QED) is 0.637. The first-order chi connectivity index (χ1) is 14.1. The van der Waals surface area contributed by atoms with E-state index in [4.69, 9.17) is 4.74 Å². The first-order valence-corrected chi connectivity index (χ1v) is 9.77. The Morgan fingerprint density at radius 1 is 1.24 bits per heavy atom. The third kappa shape index (κ3) is 3.16. The first kappa shape index (κ1) is 18.1. The number of likely N-dealkylation sites (tertiary alicyclic amines) is 1. The summed E-state index contributed by atoms with van der Waals surface area (Å²) in [6, 6.07) is 13.7. The highest BCUT2D eigenvalue weighted by atomic mass is 19.1. The minimum Gasteiger partial charge on any atom is -0.445 e. The van der Waals surface area contributed by atoms with Crippen LogP contribution in [0.3, 0.4) is 0 Å². The average Bonchev–Trinajstić information content (AvgIpc) is 3.41. The van der Waals surface area contributed by atoms with Gasteiger partial charge in [0.25, 0.3) is 0 Å². The third-order valence-electron chi connectivity index (χ3n) is 6.03. The number of ether oxygens (including phenoxy) is 1.